The van der Waals surface area contributed by atoms with Gasteiger partial charge in [0.25, 0.3) is 5.91 Å². The van der Waals surface area contributed by atoms with Crippen LogP contribution in [0.4, 0.5) is 28.9 Å². The van der Waals surface area contributed by atoms with Gasteiger partial charge in [-0.1, -0.05) is 0 Å². The molecule has 0 radical (unpaired) electrons. The molecule has 4 nitrogen and oxygen atoms in total. The van der Waals surface area contributed by atoms with Crippen LogP contribution in [0.25, 0.3) is 0 Å². The number of hydrogen-bond acceptors (Lipinski definition) is 3. The third-order valence-electron chi connectivity index (χ3n) is 2.70. The molecule has 3 N–H and O–H groups in total. The van der Waals surface area contributed by atoms with Crippen LogP contribution >= 0.6 is 22.6 Å². The second-order valence-electron chi connectivity index (χ2n) is 4.10. The molecule has 22 heavy (non-hydrogen) atoms. The van der Waals surface area contributed by atoms with Crippen molar-refractivity contribution in [3.63, 3.8) is 0 Å². The van der Waals surface area contributed by atoms with Gasteiger partial charge in [-0.15, -0.1) is 0 Å². The highest BCUT2D eigenvalue weighted by Crippen LogP contribution is 2.29. The average molecular weight is 426 g/mol. The van der Waals surface area contributed by atoms with E-state index in [-0.39, 0.29) is 5.69 Å². The van der Waals surface area contributed by atoms with Crippen LogP contribution in [0, 0.1) is 26.8 Å². The highest BCUT2D eigenvalue weighted by molar-refractivity contribution is 14.1. The molecule has 0 saturated heterocycles. The van der Waals surface area contributed by atoms with Crippen molar-refractivity contribution < 1.29 is 27.6 Å². The summed E-state index contributed by atoms with van der Waals surface area (Å²) in [5, 5.41) is 10.8. The first kappa shape index (κ1) is 16.5. The third kappa shape index (κ3) is 3.14. The molecule has 0 heterocycles. The van der Waals surface area contributed by atoms with Crippen LogP contribution in [-0.2, 0) is 0 Å². The van der Waals surface area contributed by atoms with Crippen LogP contribution in [-0.4, -0.2) is 11.1 Å². The van der Waals surface area contributed by atoms with Crippen molar-refractivity contribution in [2.45, 2.75) is 0 Å². The zero-order valence-corrected chi connectivity index (χ0v) is 12.7. The number of hydroxylamine groups is 1. The molecule has 0 fully saturated rings. The lowest BCUT2D eigenvalue weighted by Crippen LogP contribution is -2.21. The lowest BCUT2D eigenvalue weighted by Gasteiger charge is -2.13. The largest absolute Gasteiger partial charge is 0.350 e. The van der Waals surface area contributed by atoms with Crippen LogP contribution in [0.2, 0.25) is 0 Å². The summed E-state index contributed by atoms with van der Waals surface area (Å²) >= 11 is 1.84. The zero-order valence-electron chi connectivity index (χ0n) is 10.6. The monoisotopic (exact) mass is 426 g/mol. The van der Waals surface area contributed by atoms with E-state index >= 15 is 0 Å². The van der Waals surface area contributed by atoms with E-state index in [4.69, 9.17) is 5.21 Å². The van der Waals surface area contributed by atoms with Gasteiger partial charge in [-0.05, 0) is 46.9 Å². The maximum Gasteiger partial charge on any atom is 0.276 e. The molecule has 0 aliphatic rings. The lowest BCUT2D eigenvalue weighted by molar-refractivity contribution is 0.0706. The first-order chi connectivity index (χ1) is 10.3. The van der Waals surface area contributed by atoms with Gasteiger partial charge in [0.1, 0.15) is 5.82 Å². The van der Waals surface area contributed by atoms with Gasteiger partial charge in [-0.3, -0.25) is 10.0 Å². The standard InChI is InChI=1S/C13H7F4IN2O2/c14-7-3-5(18)1-2-9(7)19-12-6(13(21)20-22)4-8(15)10(16)11(12)17/h1-4,19,22H,(H,20,21). The SMILES string of the molecule is O=C(NO)c1cc(F)c(F)c(F)c1Nc1ccc(I)cc1F. The van der Waals surface area contributed by atoms with Crippen molar-refractivity contribution in [1.29, 1.82) is 0 Å². The zero-order chi connectivity index (χ0) is 16.4. The molecule has 1 amide bonds. The molecule has 2 rings (SSSR count). The predicted octanol–water partition coefficient (Wildman–Crippen LogP) is 3.71. The molecule has 9 heteroatoms. The number of carbonyl (C=O) groups excluding carboxylic acids is 1. The first-order valence-corrected chi connectivity index (χ1v) is 6.77. The maximum atomic E-state index is 13.9. The van der Waals surface area contributed by atoms with Gasteiger partial charge in [-0.25, -0.2) is 23.0 Å². The van der Waals surface area contributed by atoms with E-state index in [1.54, 1.807) is 0 Å². The van der Waals surface area contributed by atoms with Crippen molar-refractivity contribution in [3.05, 3.63) is 56.7 Å². The molecule has 2 aromatic rings. The van der Waals surface area contributed by atoms with Gasteiger partial charge >= 0.3 is 0 Å². The minimum Gasteiger partial charge on any atom is -0.350 e. The van der Waals surface area contributed by atoms with Gasteiger partial charge in [0.05, 0.1) is 16.9 Å². The topological polar surface area (TPSA) is 61.4 Å². The lowest BCUT2D eigenvalue weighted by atomic mass is 10.1. The van der Waals surface area contributed by atoms with E-state index in [2.05, 4.69) is 5.32 Å². The van der Waals surface area contributed by atoms with Crippen molar-refractivity contribution in [3.8, 4) is 0 Å². The number of rotatable bonds is 3. The Hall–Kier alpha value is -1.88. The van der Waals surface area contributed by atoms with Crippen molar-refractivity contribution >= 4 is 39.9 Å². The number of carbonyl (C=O) groups is 1. The van der Waals surface area contributed by atoms with Gasteiger partial charge in [0.15, 0.2) is 17.5 Å². The Morgan fingerprint density at radius 1 is 1.05 bits per heavy atom. The highest BCUT2D eigenvalue weighted by Gasteiger charge is 2.23. The second-order valence-corrected chi connectivity index (χ2v) is 5.34. The number of halogens is 5. The van der Waals surface area contributed by atoms with Crippen LogP contribution in [0.3, 0.4) is 0 Å². The highest BCUT2D eigenvalue weighted by atomic mass is 127. The van der Waals surface area contributed by atoms with Gasteiger partial charge < -0.3 is 5.32 Å². The van der Waals surface area contributed by atoms with Crippen LogP contribution < -0.4 is 10.8 Å². The molecule has 0 atom stereocenters. The Bertz CT molecular complexity index is 755. The second kappa shape index (κ2) is 6.48. The molecule has 0 saturated carbocycles. The molecule has 2 aromatic carbocycles. The van der Waals surface area contributed by atoms with Crippen molar-refractivity contribution in [1.82, 2.24) is 5.48 Å². The average Bonchev–Trinajstić information content (AvgIpc) is 2.49. The summed E-state index contributed by atoms with van der Waals surface area (Å²) in [6, 6.07) is 4.22. The fourth-order valence-corrected chi connectivity index (χ4v) is 2.14. The number of amides is 1. The molecule has 0 aliphatic carbocycles. The van der Waals surface area contributed by atoms with Gasteiger partial charge in [0, 0.05) is 3.57 Å². The molecular formula is C13H7F4IN2O2. The number of anilines is 2. The fourth-order valence-electron chi connectivity index (χ4n) is 1.68. The molecule has 0 spiro atoms. The summed E-state index contributed by atoms with van der Waals surface area (Å²) in [6.45, 7) is 0. The Balaban J connectivity index is 2.58. The van der Waals surface area contributed by atoms with E-state index in [0.29, 0.717) is 9.64 Å². The van der Waals surface area contributed by atoms with Crippen LogP contribution in [0.1, 0.15) is 10.4 Å². The fraction of sp³-hybridized carbons (Fsp3) is 0. The molecule has 0 aliphatic heterocycles. The molecule has 0 aromatic heterocycles. The summed E-state index contributed by atoms with van der Waals surface area (Å²) in [5.41, 5.74) is -0.603. The van der Waals surface area contributed by atoms with Gasteiger partial charge in [0.2, 0.25) is 0 Å². The Kier molecular flexibility index (Phi) is 4.86. The van der Waals surface area contributed by atoms with E-state index in [1.807, 2.05) is 22.6 Å². The first-order valence-electron chi connectivity index (χ1n) is 5.69. The molecular weight excluding hydrogens is 419 g/mol. The Labute approximate surface area is 135 Å². The number of nitrogens with one attached hydrogen (secondary N) is 2. The summed E-state index contributed by atoms with van der Waals surface area (Å²) < 4.78 is 54.7. The smallest absolute Gasteiger partial charge is 0.276 e. The summed E-state index contributed by atoms with van der Waals surface area (Å²) in [4.78, 5) is 11.4. The van der Waals surface area contributed by atoms with E-state index in [1.165, 1.54) is 17.6 Å². The molecule has 0 bridgehead atoms. The predicted molar refractivity (Wildman–Crippen MR) is 78.0 cm³/mol. The number of benzene rings is 2. The van der Waals surface area contributed by atoms with Crippen molar-refractivity contribution in [2.24, 2.45) is 0 Å². The Morgan fingerprint density at radius 2 is 1.73 bits per heavy atom. The third-order valence-corrected chi connectivity index (χ3v) is 3.37. The van der Waals surface area contributed by atoms with Gasteiger partial charge in [-0.2, -0.15) is 0 Å². The Morgan fingerprint density at radius 3 is 2.32 bits per heavy atom. The quantitative estimate of drug-likeness (QED) is 0.231. The van der Waals surface area contributed by atoms with Crippen LogP contribution in [0.15, 0.2) is 24.3 Å². The number of hydrogen-bond donors (Lipinski definition) is 3. The van der Waals surface area contributed by atoms with Crippen LogP contribution in [0.5, 0.6) is 0 Å². The van der Waals surface area contributed by atoms with E-state index in [0.717, 1.165) is 6.07 Å². The van der Waals surface area contributed by atoms with E-state index < -0.39 is 40.4 Å². The summed E-state index contributed by atoms with van der Waals surface area (Å²) in [5.74, 6) is -7.23. The minimum atomic E-state index is -1.83. The minimum absolute atomic E-state index is 0.252. The maximum absolute atomic E-state index is 13.9. The molecule has 0 unspecified atom stereocenters. The summed E-state index contributed by atoms with van der Waals surface area (Å²) in [6.07, 6.45) is 0. The van der Waals surface area contributed by atoms with Crippen molar-refractivity contribution in [2.75, 3.05) is 5.32 Å². The normalized spacial score (nSPS) is 10.5. The van der Waals surface area contributed by atoms with E-state index in [9.17, 15) is 22.4 Å². The summed E-state index contributed by atoms with van der Waals surface area (Å²) in [7, 11) is 0. The molecule has 116 valence electrons.